The number of benzene rings is 5. The molecule has 0 aliphatic carbocycles. The van der Waals surface area contributed by atoms with Gasteiger partial charge in [0.2, 0.25) is 0 Å². The van der Waals surface area contributed by atoms with Crippen molar-refractivity contribution >= 4 is 11.4 Å². The van der Waals surface area contributed by atoms with Gasteiger partial charge in [0.25, 0.3) is 0 Å². The van der Waals surface area contributed by atoms with Gasteiger partial charge < -0.3 is 5.32 Å². The zero-order valence-corrected chi connectivity index (χ0v) is 20.2. The largest absolute Gasteiger partial charge is 0.356 e. The molecule has 5 rings (SSSR count). The first-order valence-corrected chi connectivity index (χ1v) is 12.4. The fraction of sp³-hybridized carbons (Fsp3) is 0.118. The minimum Gasteiger partial charge on any atom is -0.356 e. The van der Waals surface area contributed by atoms with E-state index in [1.165, 1.54) is 22.3 Å². The van der Waals surface area contributed by atoms with Gasteiger partial charge in [-0.3, -0.25) is 0 Å². The lowest BCUT2D eigenvalue weighted by Gasteiger charge is -2.06. The number of hydrogen-bond acceptors (Lipinski definition) is 1. The number of para-hydroxylation sites is 2. The fourth-order valence-corrected chi connectivity index (χ4v) is 4.02. The molecule has 0 bridgehead atoms. The zero-order valence-electron chi connectivity index (χ0n) is 20.2. The van der Waals surface area contributed by atoms with Crippen molar-refractivity contribution in [2.45, 2.75) is 25.7 Å². The lowest BCUT2D eigenvalue weighted by molar-refractivity contribution is 0.930. The maximum absolute atomic E-state index is 3.30. The van der Waals surface area contributed by atoms with E-state index in [9.17, 15) is 0 Å². The van der Waals surface area contributed by atoms with Crippen LogP contribution >= 0.6 is 0 Å². The van der Waals surface area contributed by atoms with Crippen LogP contribution in [0.4, 0.5) is 11.4 Å². The summed E-state index contributed by atoms with van der Waals surface area (Å²) in [4.78, 5) is 0. The van der Waals surface area contributed by atoms with Gasteiger partial charge in [0.1, 0.15) is 0 Å². The van der Waals surface area contributed by atoms with E-state index in [1.807, 2.05) is 60.7 Å². The van der Waals surface area contributed by atoms with Gasteiger partial charge in [-0.25, -0.2) is 0 Å². The Balaban J connectivity index is 0.000000189. The van der Waals surface area contributed by atoms with Crippen LogP contribution in [0.25, 0.3) is 0 Å². The highest BCUT2D eigenvalue weighted by molar-refractivity contribution is 5.58. The van der Waals surface area contributed by atoms with Crippen molar-refractivity contribution < 1.29 is 0 Å². The van der Waals surface area contributed by atoms with E-state index in [-0.39, 0.29) is 0 Å². The second-order valence-electron chi connectivity index (χ2n) is 8.65. The summed E-state index contributed by atoms with van der Waals surface area (Å²) in [5, 5.41) is 3.30. The Labute approximate surface area is 210 Å². The smallest absolute Gasteiger partial charge is 0.0384 e. The molecule has 5 aromatic rings. The zero-order chi connectivity index (χ0) is 24.0. The molecule has 1 N–H and O–H groups in total. The molecule has 35 heavy (non-hydrogen) atoms. The van der Waals surface area contributed by atoms with Gasteiger partial charge in [-0.1, -0.05) is 121 Å². The predicted octanol–water partition coefficient (Wildman–Crippen LogP) is 8.69. The SMILES string of the molecule is c1ccc(CCc2cccc(CCc3ccccc3)c2)cc1.c1ccc(Nc2ccccc2)cc1. The Kier molecular flexibility index (Phi) is 9.32. The van der Waals surface area contributed by atoms with E-state index in [0.29, 0.717) is 0 Å². The highest BCUT2D eigenvalue weighted by Crippen LogP contribution is 2.15. The molecule has 0 amide bonds. The van der Waals surface area contributed by atoms with E-state index >= 15 is 0 Å². The van der Waals surface area contributed by atoms with Crippen LogP contribution < -0.4 is 5.32 Å². The molecular weight excluding hydrogens is 422 g/mol. The minimum absolute atomic E-state index is 1.11. The maximum atomic E-state index is 3.30. The fourth-order valence-electron chi connectivity index (χ4n) is 4.02. The molecule has 0 heterocycles. The molecule has 1 nitrogen and oxygen atoms in total. The Morgan fingerprint density at radius 2 is 0.629 bits per heavy atom. The van der Waals surface area contributed by atoms with E-state index in [1.54, 1.807) is 0 Å². The Morgan fingerprint density at radius 1 is 0.314 bits per heavy atom. The highest BCUT2D eigenvalue weighted by Gasteiger charge is 1.99. The van der Waals surface area contributed by atoms with Crippen LogP contribution in [0.2, 0.25) is 0 Å². The average molecular weight is 456 g/mol. The Hall–Kier alpha value is -4.10. The van der Waals surface area contributed by atoms with Crippen LogP contribution in [0.15, 0.2) is 146 Å². The standard InChI is InChI=1S/C22H22.C12H11N/c1-3-8-19(9-4-1)14-16-21-12-7-13-22(18-21)17-15-20-10-5-2-6-11-20;1-3-7-11(8-4-1)13-12-9-5-2-6-10-12/h1-13,18H,14-17H2;1-10,13H. The summed E-state index contributed by atoms with van der Waals surface area (Å²) in [6.45, 7) is 0. The summed E-state index contributed by atoms with van der Waals surface area (Å²) in [5.74, 6) is 0. The topological polar surface area (TPSA) is 12.0 Å². The minimum atomic E-state index is 1.11. The van der Waals surface area contributed by atoms with E-state index in [0.717, 1.165) is 37.1 Å². The number of anilines is 2. The third-order valence-corrected chi connectivity index (χ3v) is 5.92. The monoisotopic (exact) mass is 455 g/mol. The van der Waals surface area contributed by atoms with Crippen LogP contribution in [-0.2, 0) is 25.7 Å². The van der Waals surface area contributed by atoms with Gasteiger partial charge in [-0.15, -0.1) is 0 Å². The summed E-state index contributed by atoms with van der Waals surface area (Å²) < 4.78 is 0. The molecule has 1 heteroatoms. The van der Waals surface area contributed by atoms with E-state index in [4.69, 9.17) is 0 Å². The first-order chi connectivity index (χ1) is 17.3. The quantitative estimate of drug-likeness (QED) is 0.247. The second kappa shape index (κ2) is 13.6. The summed E-state index contributed by atoms with van der Waals surface area (Å²) in [6, 6.07) is 50.8. The number of aryl methyl sites for hydroxylation is 4. The van der Waals surface area contributed by atoms with E-state index < -0.39 is 0 Å². The summed E-state index contributed by atoms with van der Waals surface area (Å²) >= 11 is 0. The van der Waals surface area contributed by atoms with Gasteiger partial charge in [0.15, 0.2) is 0 Å². The van der Waals surface area contributed by atoms with Crippen LogP contribution in [-0.4, -0.2) is 0 Å². The van der Waals surface area contributed by atoms with Crippen LogP contribution in [0, 0.1) is 0 Å². The van der Waals surface area contributed by atoms with Gasteiger partial charge in [0.05, 0.1) is 0 Å². The van der Waals surface area contributed by atoms with Crippen molar-refractivity contribution in [2.24, 2.45) is 0 Å². The molecule has 174 valence electrons. The first-order valence-electron chi connectivity index (χ1n) is 12.4. The predicted molar refractivity (Wildman–Crippen MR) is 150 cm³/mol. The van der Waals surface area contributed by atoms with Gasteiger partial charge in [-0.2, -0.15) is 0 Å². The molecular formula is C34H33N. The molecule has 0 aliphatic rings. The maximum Gasteiger partial charge on any atom is 0.0384 e. The van der Waals surface area contributed by atoms with Crippen molar-refractivity contribution in [3.63, 3.8) is 0 Å². The second-order valence-corrected chi connectivity index (χ2v) is 8.65. The van der Waals surface area contributed by atoms with E-state index in [2.05, 4.69) is 90.2 Å². The number of rotatable bonds is 8. The molecule has 0 spiro atoms. The Bertz CT molecular complexity index is 1140. The average Bonchev–Trinajstić information content (AvgIpc) is 2.94. The van der Waals surface area contributed by atoms with Crippen LogP contribution in [0.1, 0.15) is 22.3 Å². The molecule has 0 saturated heterocycles. The summed E-state index contributed by atoms with van der Waals surface area (Å²) in [6.07, 6.45) is 4.46. The van der Waals surface area contributed by atoms with Crippen molar-refractivity contribution in [1.29, 1.82) is 0 Å². The normalized spacial score (nSPS) is 10.2. The first kappa shape index (κ1) is 24.0. The van der Waals surface area contributed by atoms with Crippen molar-refractivity contribution in [2.75, 3.05) is 5.32 Å². The summed E-state index contributed by atoms with van der Waals surface area (Å²) in [7, 11) is 0. The lowest BCUT2D eigenvalue weighted by atomic mass is 9.99. The van der Waals surface area contributed by atoms with Gasteiger partial charge in [-0.05, 0) is 72.2 Å². The Morgan fingerprint density at radius 3 is 1.03 bits per heavy atom. The molecule has 0 fully saturated rings. The van der Waals surface area contributed by atoms with Gasteiger partial charge >= 0.3 is 0 Å². The van der Waals surface area contributed by atoms with Crippen molar-refractivity contribution in [3.8, 4) is 0 Å². The number of nitrogens with one attached hydrogen (secondary N) is 1. The van der Waals surface area contributed by atoms with Crippen LogP contribution in [0.3, 0.4) is 0 Å². The molecule has 0 unspecified atom stereocenters. The van der Waals surface area contributed by atoms with Crippen molar-refractivity contribution in [3.05, 3.63) is 168 Å². The molecule has 0 radical (unpaired) electrons. The third-order valence-electron chi connectivity index (χ3n) is 5.92. The molecule has 0 aliphatic heterocycles. The van der Waals surface area contributed by atoms with Crippen molar-refractivity contribution in [1.82, 2.24) is 0 Å². The molecule has 0 aromatic heterocycles. The lowest BCUT2D eigenvalue weighted by Crippen LogP contribution is -1.95. The third kappa shape index (κ3) is 8.64. The van der Waals surface area contributed by atoms with Crippen LogP contribution in [0.5, 0.6) is 0 Å². The van der Waals surface area contributed by atoms with Gasteiger partial charge in [0, 0.05) is 11.4 Å². The molecule has 0 atom stereocenters. The molecule has 5 aromatic carbocycles. The highest BCUT2D eigenvalue weighted by atomic mass is 14.9. The number of hydrogen-bond donors (Lipinski definition) is 1. The molecule has 0 saturated carbocycles. The summed E-state index contributed by atoms with van der Waals surface area (Å²) in [5.41, 5.74) is 7.95.